The molecule has 6 nitrogen and oxygen atoms in total. The smallest absolute Gasteiger partial charge is 0.255 e. The first-order valence-electron chi connectivity index (χ1n) is 11.1. The Morgan fingerprint density at radius 3 is 2.48 bits per heavy atom. The molecule has 170 valence electrons. The summed E-state index contributed by atoms with van der Waals surface area (Å²) in [4.78, 5) is 28.1. The van der Waals surface area contributed by atoms with Crippen LogP contribution in [-0.2, 0) is 17.8 Å². The van der Waals surface area contributed by atoms with Gasteiger partial charge in [0.1, 0.15) is 6.04 Å². The fraction of sp³-hybridized carbons (Fsp3) is 0.259. The van der Waals surface area contributed by atoms with Gasteiger partial charge >= 0.3 is 0 Å². The van der Waals surface area contributed by atoms with E-state index in [-0.39, 0.29) is 18.4 Å². The third kappa shape index (κ3) is 4.85. The summed E-state index contributed by atoms with van der Waals surface area (Å²) >= 11 is 0. The lowest BCUT2D eigenvalue weighted by Crippen LogP contribution is -2.39. The maximum atomic E-state index is 13.3. The van der Waals surface area contributed by atoms with Crippen LogP contribution in [0.5, 0.6) is 11.5 Å². The zero-order chi connectivity index (χ0) is 23.2. The van der Waals surface area contributed by atoms with Gasteiger partial charge in [0.15, 0.2) is 11.5 Å². The maximum absolute atomic E-state index is 13.3. The van der Waals surface area contributed by atoms with E-state index in [1.165, 1.54) is 0 Å². The molecule has 0 aromatic heterocycles. The first-order valence-corrected chi connectivity index (χ1v) is 11.1. The lowest BCUT2D eigenvalue weighted by molar-refractivity contribution is -0.125. The third-order valence-electron chi connectivity index (χ3n) is 5.74. The predicted molar refractivity (Wildman–Crippen MR) is 126 cm³/mol. The topological polar surface area (TPSA) is 67.9 Å². The van der Waals surface area contributed by atoms with Crippen molar-refractivity contribution in [3.63, 3.8) is 0 Å². The number of nitrogens with one attached hydrogen (secondary N) is 1. The molecule has 0 spiro atoms. The van der Waals surface area contributed by atoms with Crippen LogP contribution >= 0.6 is 0 Å². The molecule has 1 unspecified atom stereocenters. The normalized spacial score (nSPS) is 14.7. The molecule has 6 heteroatoms. The summed E-state index contributed by atoms with van der Waals surface area (Å²) in [5.41, 5.74) is 3.31. The second kappa shape index (κ2) is 10.2. The van der Waals surface area contributed by atoms with Crippen LogP contribution in [0.25, 0.3) is 0 Å². The lowest BCUT2D eigenvalue weighted by atomic mass is 10.0. The molecule has 1 N–H and O–H groups in total. The van der Waals surface area contributed by atoms with E-state index in [2.05, 4.69) is 5.32 Å². The number of ether oxygens (including phenoxy) is 2. The van der Waals surface area contributed by atoms with Crippen LogP contribution in [0.4, 0.5) is 0 Å². The van der Waals surface area contributed by atoms with Crippen molar-refractivity contribution < 1.29 is 19.1 Å². The highest BCUT2D eigenvalue weighted by atomic mass is 16.5. The Balaban J connectivity index is 1.54. The summed E-state index contributed by atoms with van der Waals surface area (Å²) < 4.78 is 11.0. The molecule has 1 aliphatic rings. The number of hydrogen-bond acceptors (Lipinski definition) is 4. The van der Waals surface area contributed by atoms with Crippen molar-refractivity contribution in [3.05, 3.63) is 95.1 Å². The Hall–Kier alpha value is -3.80. The Labute approximate surface area is 194 Å². The molecule has 4 rings (SSSR count). The molecule has 0 fully saturated rings. The van der Waals surface area contributed by atoms with Gasteiger partial charge < -0.3 is 19.7 Å². The summed E-state index contributed by atoms with van der Waals surface area (Å²) in [5.74, 6) is 0.918. The fourth-order valence-corrected chi connectivity index (χ4v) is 4.17. The highest BCUT2D eigenvalue weighted by molar-refractivity contribution is 6.04. The summed E-state index contributed by atoms with van der Waals surface area (Å²) in [5, 5.41) is 3.02. The van der Waals surface area contributed by atoms with Gasteiger partial charge in [-0.1, -0.05) is 54.6 Å². The molecule has 3 aromatic rings. The molecule has 33 heavy (non-hydrogen) atoms. The largest absolute Gasteiger partial charge is 0.493 e. The van der Waals surface area contributed by atoms with E-state index in [1.54, 1.807) is 18.1 Å². The molecule has 0 bridgehead atoms. The molecule has 0 saturated heterocycles. The van der Waals surface area contributed by atoms with Gasteiger partial charge in [-0.05, 0) is 48.2 Å². The molecule has 2 amide bonds. The molecule has 1 heterocycles. The molecule has 0 saturated carbocycles. The van der Waals surface area contributed by atoms with Gasteiger partial charge in [0.05, 0.1) is 13.7 Å². The molecule has 0 aliphatic carbocycles. The zero-order valence-electron chi connectivity index (χ0n) is 18.9. The number of carbonyl (C=O) groups is 2. The summed E-state index contributed by atoms with van der Waals surface area (Å²) in [6.07, 6.45) is 0.727. The van der Waals surface area contributed by atoms with Crippen LogP contribution in [0.3, 0.4) is 0 Å². The second-order valence-electron chi connectivity index (χ2n) is 7.87. The average Bonchev–Trinajstić information content (AvgIpc) is 3.12. The van der Waals surface area contributed by atoms with Gasteiger partial charge in [0.25, 0.3) is 5.91 Å². The van der Waals surface area contributed by atoms with Gasteiger partial charge in [-0.3, -0.25) is 9.59 Å². The number of rotatable bonds is 9. The van der Waals surface area contributed by atoms with Gasteiger partial charge in [0.2, 0.25) is 5.91 Å². The van der Waals surface area contributed by atoms with E-state index in [4.69, 9.17) is 9.47 Å². The van der Waals surface area contributed by atoms with Crippen LogP contribution in [0.1, 0.15) is 40.0 Å². The monoisotopic (exact) mass is 444 g/mol. The predicted octanol–water partition coefficient (Wildman–Crippen LogP) is 4.15. The van der Waals surface area contributed by atoms with Gasteiger partial charge in [0, 0.05) is 18.7 Å². The van der Waals surface area contributed by atoms with E-state index in [9.17, 15) is 9.59 Å². The van der Waals surface area contributed by atoms with Crippen molar-refractivity contribution in [1.82, 2.24) is 10.2 Å². The van der Waals surface area contributed by atoms with Crippen molar-refractivity contribution in [1.29, 1.82) is 0 Å². The molecule has 1 aliphatic heterocycles. The lowest BCUT2D eigenvalue weighted by Gasteiger charge is -2.25. The van der Waals surface area contributed by atoms with Gasteiger partial charge in [-0.2, -0.15) is 0 Å². The second-order valence-corrected chi connectivity index (χ2v) is 7.87. The SMILES string of the molecule is CCOc1ccc(CN2C(=O)c3ccccc3C2C(=O)NCCc2ccccc2)cc1OC. The molecular weight excluding hydrogens is 416 g/mol. The maximum Gasteiger partial charge on any atom is 0.255 e. The number of amides is 2. The van der Waals surface area contributed by atoms with Crippen LogP contribution in [0.2, 0.25) is 0 Å². The highest BCUT2D eigenvalue weighted by Gasteiger charge is 2.40. The Morgan fingerprint density at radius 2 is 1.73 bits per heavy atom. The number of fused-ring (bicyclic) bond motifs is 1. The Morgan fingerprint density at radius 1 is 0.970 bits per heavy atom. The number of carbonyl (C=O) groups excluding carboxylic acids is 2. The molecule has 0 radical (unpaired) electrons. The van der Waals surface area contributed by atoms with E-state index < -0.39 is 6.04 Å². The number of hydrogen-bond donors (Lipinski definition) is 1. The van der Waals surface area contributed by atoms with Crippen molar-refractivity contribution in [2.24, 2.45) is 0 Å². The van der Waals surface area contributed by atoms with Gasteiger partial charge in [-0.25, -0.2) is 0 Å². The van der Waals surface area contributed by atoms with Crippen molar-refractivity contribution >= 4 is 11.8 Å². The third-order valence-corrected chi connectivity index (χ3v) is 5.74. The first-order chi connectivity index (χ1) is 16.1. The quantitative estimate of drug-likeness (QED) is 0.538. The van der Waals surface area contributed by atoms with E-state index in [0.717, 1.165) is 23.1 Å². The van der Waals surface area contributed by atoms with E-state index in [0.29, 0.717) is 30.2 Å². The van der Waals surface area contributed by atoms with Crippen LogP contribution in [0, 0.1) is 0 Å². The minimum atomic E-state index is -0.679. The summed E-state index contributed by atoms with van der Waals surface area (Å²) in [6.45, 7) is 3.23. The Kier molecular flexibility index (Phi) is 6.93. The van der Waals surface area contributed by atoms with Crippen LogP contribution < -0.4 is 14.8 Å². The number of methoxy groups -OCH3 is 1. The average molecular weight is 445 g/mol. The van der Waals surface area contributed by atoms with Crippen LogP contribution in [-0.4, -0.2) is 37.0 Å². The summed E-state index contributed by atoms with van der Waals surface area (Å²) in [7, 11) is 1.58. The van der Waals surface area contributed by atoms with Gasteiger partial charge in [-0.15, -0.1) is 0 Å². The Bertz CT molecular complexity index is 1130. The zero-order valence-corrected chi connectivity index (χ0v) is 18.9. The van der Waals surface area contributed by atoms with E-state index >= 15 is 0 Å². The van der Waals surface area contributed by atoms with Crippen molar-refractivity contribution in [3.8, 4) is 11.5 Å². The molecule has 1 atom stereocenters. The fourth-order valence-electron chi connectivity index (χ4n) is 4.17. The number of nitrogens with zero attached hydrogens (tertiary/aromatic N) is 1. The van der Waals surface area contributed by atoms with E-state index in [1.807, 2.05) is 73.7 Å². The highest BCUT2D eigenvalue weighted by Crippen LogP contribution is 2.36. The number of benzene rings is 3. The molecular formula is C27H28N2O4. The minimum absolute atomic E-state index is 0.151. The summed E-state index contributed by atoms with van der Waals surface area (Å²) in [6, 6.07) is 22.2. The first kappa shape index (κ1) is 22.4. The molecule has 3 aromatic carbocycles. The van der Waals surface area contributed by atoms with Crippen molar-refractivity contribution in [2.45, 2.75) is 25.9 Å². The van der Waals surface area contributed by atoms with Crippen LogP contribution in [0.15, 0.2) is 72.8 Å². The standard InChI is InChI=1S/C27H28N2O4/c1-3-33-23-14-13-20(17-24(23)32-2)18-29-25(21-11-7-8-12-22(21)27(29)31)26(30)28-16-15-19-9-5-4-6-10-19/h4-14,17,25H,3,15-16,18H2,1-2H3,(H,28,30). The van der Waals surface area contributed by atoms with Crippen molar-refractivity contribution in [2.75, 3.05) is 20.3 Å². The minimum Gasteiger partial charge on any atom is -0.493 e.